The maximum atomic E-state index is 13.5. The number of carbonyl (C=O) groups excluding carboxylic acids is 1. The van der Waals surface area contributed by atoms with Crippen molar-refractivity contribution < 1.29 is 19.0 Å². The first kappa shape index (κ1) is 20.5. The van der Waals surface area contributed by atoms with Crippen LogP contribution in [0.1, 0.15) is 11.1 Å². The van der Waals surface area contributed by atoms with E-state index >= 15 is 0 Å². The molecule has 7 nitrogen and oxygen atoms in total. The van der Waals surface area contributed by atoms with Crippen molar-refractivity contribution in [1.29, 1.82) is 0 Å². The van der Waals surface area contributed by atoms with E-state index in [1.807, 2.05) is 30.3 Å². The molecule has 2 aromatic carbocycles. The molecule has 0 unspecified atom stereocenters. The van der Waals surface area contributed by atoms with E-state index < -0.39 is 0 Å². The molecule has 5 rings (SSSR count). The third-order valence-electron chi connectivity index (χ3n) is 5.05. The second kappa shape index (κ2) is 8.64. The van der Waals surface area contributed by atoms with Crippen LogP contribution in [0.15, 0.2) is 54.9 Å². The molecular weight excluding hydrogens is 450 g/mol. The largest absolute Gasteiger partial charge is 0.494 e. The summed E-state index contributed by atoms with van der Waals surface area (Å²) in [6, 6.07) is 12.8. The summed E-state index contributed by atoms with van der Waals surface area (Å²) in [5.74, 6) is 1.82. The number of hydrogen-bond acceptors (Lipinski definition) is 7. The molecule has 4 aromatic rings. The fraction of sp³-hybridized carbons (Fsp3) is 0.174. The molecule has 0 saturated carbocycles. The topological polar surface area (TPSA) is 73.8 Å². The van der Waals surface area contributed by atoms with Crippen LogP contribution >= 0.6 is 22.9 Å². The van der Waals surface area contributed by atoms with Gasteiger partial charge >= 0.3 is 0 Å². The van der Waals surface area contributed by atoms with Gasteiger partial charge in [-0.15, -0.1) is 0 Å². The van der Waals surface area contributed by atoms with Crippen LogP contribution in [0, 0.1) is 0 Å². The van der Waals surface area contributed by atoms with E-state index in [-0.39, 0.29) is 19.1 Å². The van der Waals surface area contributed by atoms with Gasteiger partial charge in [0.25, 0.3) is 0 Å². The first-order chi connectivity index (χ1) is 15.6. The van der Waals surface area contributed by atoms with E-state index in [0.29, 0.717) is 39.5 Å². The number of methoxy groups -OCH3 is 1. The SMILES string of the molecule is COc1ccc(Cl)c2sc(N(Cc3cccnc3)C(=O)Cc3ccc4c(c3)OCO4)nc12. The van der Waals surface area contributed by atoms with Gasteiger partial charge in [0.1, 0.15) is 11.3 Å². The molecule has 1 aliphatic heterocycles. The summed E-state index contributed by atoms with van der Waals surface area (Å²) in [5.41, 5.74) is 2.35. The molecule has 0 radical (unpaired) electrons. The highest BCUT2D eigenvalue weighted by molar-refractivity contribution is 7.23. The van der Waals surface area contributed by atoms with Gasteiger partial charge in [0.05, 0.1) is 29.8 Å². The zero-order valence-corrected chi connectivity index (χ0v) is 18.7. The number of ether oxygens (including phenoxy) is 3. The Bertz CT molecular complexity index is 1300. The van der Waals surface area contributed by atoms with Crippen LogP contribution in [0.5, 0.6) is 17.2 Å². The van der Waals surface area contributed by atoms with Gasteiger partial charge in [0.2, 0.25) is 12.7 Å². The fourth-order valence-corrected chi connectivity index (χ4v) is 4.75. The second-order valence-corrected chi connectivity index (χ2v) is 8.51. The molecule has 0 N–H and O–H groups in total. The van der Waals surface area contributed by atoms with E-state index in [9.17, 15) is 4.79 Å². The van der Waals surface area contributed by atoms with Crippen molar-refractivity contribution in [1.82, 2.24) is 9.97 Å². The quantitative estimate of drug-likeness (QED) is 0.403. The lowest BCUT2D eigenvalue weighted by Gasteiger charge is -2.20. The average Bonchev–Trinajstić information content (AvgIpc) is 3.46. The van der Waals surface area contributed by atoms with Gasteiger partial charge in [-0.2, -0.15) is 0 Å². The number of amides is 1. The molecule has 0 fully saturated rings. The number of pyridine rings is 1. The van der Waals surface area contributed by atoms with Crippen molar-refractivity contribution >= 4 is 44.2 Å². The summed E-state index contributed by atoms with van der Waals surface area (Å²) in [6.45, 7) is 0.519. The van der Waals surface area contributed by atoms with Crippen LogP contribution in [0.3, 0.4) is 0 Å². The molecule has 1 aliphatic rings. The lowest BCUT2D eigenvalue weighted by atomic mass is 10.1. The van der Waals surface area contributed by atoms with Gasteiger partial charge in [0.15, 0.2) is 16.6 Å². The van der Waals surface area contributed by atoms with E-state index in [0.717, 1.165) is 15.8 Å². The number of halogens is 1. The van der Waals surface area contributed by atoms with Gasteiger partial charge in [0, 0.05) is 12.4 Å². The Morgan fingerprint density at radius 2 is 2.06 bits per heavy atom. The Morgan fingerprint density at radius 1 is 1.19 bits per heavy atom. The van der Waals surface area contributed by atoms with E-state index in [1.54, 1.807) is 36.5 Å². The van der Waals surface area contributed by atoms with Gasteiger partial charge < -0.3 is 14.2 Å². The molecule has 0 spiro atoms. The van der Waals surface area contributed by atoms with Gasteiger partial charge in [-0.05, 0) is 41.5 Å². The first-order valence-electron chi connectivity index (χ1n) is 9.83. The van der Waals surface area contributed by atoms with Gasteiger partial charge in [-0.25, -0.2) is 4.98 Å². The predicted molar refractivity (Wildman–Crippen MR) is 123 cm³/mol. The highest BCUT2D eigenvalue weighted by Crippen LogP contribution is 2.39. The number of thiazole rings is 1. The second-order valence-electron chi connectivity index (χ2n) is 7.13. The van der Waals surface area contributed by atoms with Crippen molar-refractivity contribution in [2.45, 2.75) is 13.0 Å². The number of fused-ring (bicyclic) bond motifs is 2. The average molecular weight is 468 g/mol. The fourth-order valence-electron chi connectivity index (χ4n) is 3.48. The van der Waals surface area contributed by atoms with Crippen molar-refractivity contribution in [2.75, 3.05) is 18.8 Å². The van der Waals surface area contributed by atoms with E-state index in [4.69, 9.17) is 30.8 Å². The zero-order chi connectivity index (χ0) is 22.1. The summed E-state index contributed by atoms with van der Waals surface area (Å²) in [7, 11) is 1.58. The minimum atomic E-state index is -0.109. The minimum Gasteiger partial charge on any atom is -0.494 e. The minimum absolute atomic E-state index is 0.109. The maximum Gasteiger partial charge on any atom is 0.233 e. The molecule has 32 heavy (non-hydrogen) atoms. The Kier molecular flexibility index (Phi) is 5.55. The Labute approximate surface area is 193 Å². The molecule has 9 heteroatoms. The van der Waals surface area contributed by atoms with Crippen LogP contribution in [0.2, 0.25) is 5.02 Å². The molecule has 162 valence electrons. The van der Waals surface area contributed by atoms with E-state index in [1.165, 1.54) is 11.3 Å². The summed E-state index contributed by atoms with van der Waals surface area (Å²) >= 11 is 7.76. The molecule has 1 amide bonds. The van der Waals surface area contributed by atoms with Crippen molar-refractivity contribution in [3.63, 3.8) is 0 Å². The smallest absolute Gasteiger partial charge is 0.233 e. The standard InChI is InChI=1S/C23H18ClN3O4S/c1-29-18-7-5-16(24)22-21(18)26-23(32-22)27(12-15-3-2-8-25-11-15)20(28)10-14-4-6-17-19(9-14)31-13-30-17/h2-9,11H,10,12-13H2,1H3. The summed E-state index contributed by atoms with van der Waals surface area (Å²) in [5, 5.41) is 1.11. The third kappa shape index (κ3) is 3.94. The monoisotopic (exact) mass is 467 g/mol. The first-order valence-corrected chi connectivity index (χ1v) is 11.0. The third-order valence-corrected chi connectivity index (χ3v) is 6.59. The van der Waals surface area contributed by atoms with Crippen molar-refractivity contribution in [2.24, 2.45) is 0 Å². The molecule has 3 heterocycles. The van der Waals surface area contributed by atoms with Crippen LogP contribution in [0.4, 0.5) is 5.13 Å². The van der Waals surface area contributed by atoms with Crippen LogP contribution in [-0.2, 0) is 17.8 Å². The highest BCUT2D eigenvalue weighted by Gasteiger charge is 2.23. The molecule has 0 bridgehead atoms. The summed E-state index contributed by atoms with van der Waals surface area (Å²) in [4.78, 5) is 24.0. The van der Waals surface area contributed by atoms with E-state index in [2.05, 4.69) is 4.98 Å². The number of benzene rings is 2. The molecule has 0 atom stereocenters. The summed E-state index contributed by atoms with van der Waals surface area (Å²) in [6.07, 6.45) is 3.62. The zero-order valence-electron chi connectivity index (χ0n) is 17.1. The van der Waals surface area contributed by atoms with Crippen LogP contribution in [0.25, 0.3) is 10.2 Å². The Balaban J connectivity index is 1.51. The van der Waals surface area contributed by atoms with Gasteiger partial charge in [-0.1, -0.05) is 35.1 Å². The summed E-state index contributed by atoms with van der Waals surface area (Å²) < 4.78 is 17.0. The number of nitrogens with zero attached hydrogens (tertiary/aromatic N) is 3. The molecule has 0 aliphatic carbocycles. The van der Waals surface area contributed by atoms with Crippen molar-refractivity contribution in [3.05, 3.63) is 71.0 Å². The van der Waals surface area contributed by atoms with Crippen LogP contribution in [-0.4, -0.2) is 29.8 Å². The Hall–Kier alpha value is -3.36. The predicted octanol–water partition coefficient (Wildman–Crippen LogP) is 4.86. The molecular formula is C23H18ClN3O4S. The lowest BCUT2D eigenvalue weighted by Crippen LogP contribution is -2.31. The maximum absolute atomic E-state index is 13.5. The number of carbonyl (C=O) groups is 1. The Morgan fingerprint density at radius 3 is 2.88 bits per heavy atom. The number of anilines is 1. The lowest BCUT2D eigenvalue weighted by molar-refractivity contribution is -0.118. The number of rotatable bonds is 6. The molecule has 0 saturated heterocycles. The normalized spacial score (nSPS) is 12.2. The highest BCUT2D eigenvalue weighted by atomic mass is 35.5. The number of aromatic nitrogens is 2. The van der Waals surface area contributed by atoms with Crippen LogP contribution < -0.4 is 19.1 Å². The number of hydrogen-bond donors (Lipinski definition) is 0. The molecule has 2 aromatic heterocycles. The van der Waals surface area contributed by atoms with Crippen molar-refractivity contribution in [3.8, 4) is 17.2 Å². The van der Waals surface area contributed by atoms with Gasteiger partial charge in [-0.3, -0.25) is 14.7 Å².